The van der Waals surface area contributed by atoms with Gasteiger partial charge in [0, 0.05) is 12.6 Å². The van der Waals surface area contributed by atoms with E-state index in [-0.39, 0.29) is 0 Å². The molecule has 13 heavy (non-hydrogen) atoms. The first kappa shape index (κ1) is 11.0. The van der Waals surface area contributed by atoms with Gasteiger partial charge in [-0.05, 0) is 32.1 Å². The van der Waals surface area contributed by atoms with Gasteiger partial charge in [0.05, 0.1) is 12.7 Å². The van der Waals surface area contributed by atoms with Crippen LogP contribution in [0.5, 0.6) is 0 Å². The molecule has 2 heteroatoms. The summed E-state index contributed by atoms with van der Waals surface area (Å²) in [5.41, 5.74) is 0. The topological polar surface area (TPSA) is 21.3 Å². The molecule has 78 valence electrons. The monoisotopic (exact) mass is 185 g/mol. The van der Waals surface area contributed by atoms with Crippen LogP contribution in [-0.4, -0.2) is 25.3 Å². The summed E-state index contributed by atoms with van der Waals surface area (Å²) in [7, 11) is 0. The lowest BCUT2D eigenvalue weighted by Gasteiger charge is -2.15. The van der Waals surface area contributed by atoms with E-state index in [1.54, 1.807) is 0 Å². The molecule has 1 unspecified atom stereocenters. The second kappa shape index (κ2) is 5.61. The molecule has 2 nitrogen and oxygen atoms in total. The van der Waals surface area contributed by atoms with Crippen molar-refractivity contribution in [2.45, 2.75) is 52.2 Å². The standard InChI is InChI=1S/C11H23NO/c1-9(2)8-10(3)13-7-6-12-11-4-5-11/h9-12H,4-8H2,1-3H3. The summed E-state index contributed by atoms with van der Waals surface area (Å²) < 4.78 is 5.67. The summed E-state index contributed by atoms with van der Waals surface area (Å²) in [6.45, 7) is 8.53. The van der Waals surface area contributed by atoms with Crippen LogP contribution >= 0.6 is 0 Å². The number of nitrogens with one attached hydrogen (secondary N) is 1. The van der Waals surface area contributed by atoms with Crippen molar-refractivity contribution in [2.75, 3.05) is 13.2 Å². The van der Waals surface area contributed by atoms with Crippen molar-refractivity contribution >= 4 is 0 Å². The lowest BCUT2D eigenvalue weighted by atomic mass is 10.1. The van der Waals surface area contributed by atoms with Gasteiger partial charge in [0.1, 0.15) is 0 Å². The molecule has 1 rings (SSSR count). The molecule has 1 aliphatic rings. The van der Waals surface area contributed by atoms with E-state index in [1.165, 1.54) is 19.3 Å². The van der Waals surface area contributed by atoms with Crippen LogP contribution in [0.15, 0.2) is 0 Å². The predicted molar refractivity (Wildman–Crippen MR) is 55.9 cm³/mol. The Morgan fingerprint density at radius 2 is 2.00 bits per heavy atom. The third-order valence-corrected chi connectivity index (χ3v) is 2.32. The Labute approximate surface area is 82.0 Å². The normalized spacial score (nSPS) is 19.4. The third kappa shape index (κ3) is 6.05. The van der Waals surface area contributed by atoms with Crippen LogP contribution in [0.2, 0.25) is 0 Å². The largest absolute Gasteiger partial charge is 0.377 e. The average Bonchev–Trinajstić information content (AvgIpc) is 2.80. The van der Waals surface area contributed by atoms with Gasteiger partial charge in [-0.2, -0.15) is 0 Å². The smallest absolute Gasteiger partial charge is 0.0594 e. The second-order valence-corrected chi connectivity index (χ2v) is 4.54. The molecule has 0 aromatic carbocycles. The van der Waals surface area contributed by atoms with Crippen molar-refractivity contribution in [1.82, 2.24) is 5.32 Å². The Kier molecular flexibility index (Phi) is 4.74. The highest BCUT2D eigenvalue weighted by Gasteiger charge is 2.19. The fraction of sp³-hybridized carbons (Fsp3) is 1.00. The highest BCUT2D eigenvalue weighted by atomic mass is 16.5. The molecule has 0 amide bonds. The summed E-state index contributed by atoms with van der Waals surface area (Å²) in [5, 5.41) is 3.44. The molecule has 0 aromatic rings. The molecule has 0 aromatic heterocycles. The van der Waals surface area contributed by atoms with E-state index in [0.717, 1.165) is 25.1 Å². The third-order valence-electron chi connectivity index (χ3n) is 2.32. The highest BCUT2D eigenvalue weighted by molar-refractivity contribution is 4.80. The Morgan fingerprint density at radius 3 is 2.54 bits per heavy atom. The molecule has 1 N–H and O–H groups in total. The van der Waals surface area contributed by atoms with E-state index in [2.05, 4.69) is 26.1 Å². The van der Waals surface area contributed by atoms with E-state index in [4.69, 9.17) is 4.74 Å². The Morgan fingerprint density at radius 1 is 1.31 bits per heavy atom. The number of rotatable bonds is 7. The molecule has 0 radical (unpaired) electrons. The fourth-order valence-corrected chi connectivity index (χ4v) is 1.54. The minimum absolute atomic E-state index is 0.418. The van der Waals surface area contributed by atoms with Gasteiger partial charge in [0.2, 0.25) is 0 Å². The first-order chi connectivity index (χ1) is 6.18. The SMILES string of the molecule is CC(C)CC(C)OCCNC1CC1. The van der Waals surface area contributed by atoms with Crippen molar-refractivity contribution in [3.8, 4) is 0 Å². The molecular formula is C11H23NO. The quantitative estimate of drug-likeness (QED) is 0.614. The van der Waals surface area contributed by atoms with Crippen molar-refractivity contribution in [3.63, 3.8) is 0 Å². The lowest BCUT2D eigenvalue weighted by molar-refractivity contribution is 0.0538. The van der Waals surface area contributed by atoms with Crippen LogP contribution in [0.1, 0.15) is 40.0 Å². The Hall–Kier alpha value is -0.0800. The maximum Gasteiger partial charge on any atom is 0.0594 e. The van der Waals surface area contributed by atoms with Gasteiger partial charge in [-0.3, -0.25) is 0 Å². The van der Waals surface area contributed by atoms with Gasteiger partial charge < -0.3 is 10.1 Å². The van der Waals surface area contributed by atoms with Crippen LogP contribution < -0.4 is 5.32 Å². The molecule has 0 saturated heterocycles. The minimum atomic E-state index is 0.418. The van der Waals surface area contributed by atoms with E-state index in [9.17, 15) is 0 Å². The second-order valence-electron chi connectivity index (χ2n) is 4.54. The molecule has 0 spiro atoms. The van der Waals surface area contributed by atoms with Crippen LogP contribution in [0, 0.1) is 5.92 Å². The zero-order valence-corrected chi connectivity index (χ0v) is 9.18. The summed E-state index contributed by atoms with van der Waals surface area (Å²) >= 11 is 0. The van der Waals surface area contributed by atoms with Gasteiger partial charge in [-0.15, -0.1) is 0 Å². The van der Waals surface area contributed by atoms with Gasteiger partial charge >= 0.3 is 0 Å². The minimum Gasteiger partial charge on any atom is -0.377 e. The van der Waals surface area contributed by atoms with Gasteiger partial charge in [0.25, 0.3) is 0 Å². The van der Waals surface area contributed by atoms with Crippen LogP contribution in [0.3, 0.4) is 0 Å². The molecule has 0 bridgehead atoms. The van der Waals surface area contributed by atoms with Crippen molar-refractivity contribution in [2.24, 2.45) is 5.92 Å². The lowest BCUT2D eigenvalue weighted by Crippen LogP contribution is -2.24. The average molecular weight is 185 g/mol. The maximum absolute atomic E-state index is 5.67. The predicted octanol–water partition coefficient (Wildman–Crippen LogP) is 2.19. The molecule has 1 saturated carbocycles. The van der Waals surface area contributed by atoms with Crippen molar-refractivity contribution < 1.29 is 4.74 Å². The summed E-state index contributed by atoms with van der Waals surface area (Å²) in [6, 6.07) is 0.809. The van der Waals surface area contributed by atoms with E-state index in [1.807, 2.05) is 0 Å². The number of hydrogen-bond acceptors (Lipinski definition) is 2. The van der Waals surface area contributed by atoms with Crippen molar-refractivity contribution in [1.29, 1.82) is 0 Å². The van der Waals surface area contributed by atoms with Gasteiger partial charge in [-0.1, -0.05) is 13.8 Å². The molecule has 0 aliphatic heterocycles. The molecular weight excluding hydrogens is 162 g/mol. The van der Waals surface area contributed by atoms with Crippen molar-refractivity contribution in [3.05, 3.63) is 0 Å². The van der Waals surface area contributed by atoms with E-state index in [0.29, 0.717) is 6.10 Å². The zero-order valence-electron chi connectivity index (χ0n) is 9.18. The first-order valence-corrected chi connectivity index (χ1v) is 5.53. The summed E-state index contributed by atoms with van der Waals surface area (Å²) in [4.78, 5) is 0. The Bertz CT molecular complexity index is 132. The summed E-state index contributed by atoms with van der Waals surface area (Å²) in [6.07, 6.45) is 4.31. The summed E-state index contributed by atoms with van der Waals surface area (Å²) in [5.74, 6) is 0.742. The van der Waals surface area contributed by atoms with Gasteiger partial charge in [0.15, 0.2) is 0 Å². The Balaban J connectivity index is 1.85. The number of hydrogen-bond donors (Lipinski definition) is 1. The maximum atomic E-state index is 5.67. The fourth-order valence-electron chi connectivity index (χ4n) is 1.54. The van der Waals surface area contributed by atoms with E-state index >= 15 is 0 Å². The molecule has 0 heterocycles. The molecule has 1 aliphatic carbocycles. The first-order valence-electron chi connectivity index (χ1n) is 5.53. The van der Waals surface area contributed by atoms with Crippen LogP contribution in [0.25, 0.3) is 0 Å². The van der Waals surface area contributed by atoms with E-state index < -0.39 is 0 Å². The highest BCUT2D eigenvalue weighted by Crippen LogP contribution is 2.18. The van der Waals surface area contributed by atoms with Crippen LogP contribution in [0.4, 0.5) is 0 Å². The zero-order chi connectivity index (χ0) is 9.68. The van der Waals surface area contributed by atoms with Gasteiger partial charge in [-0.25, -0.2) is 0 Å². The molecule has 1 atom stereocenters. The van der Waals surface area contributed by atoms with Crippen LogP contribution in [-0.2, 0) is 4.74 Å². The molecule has 1 fully saturated rings. The number of ether oxygens (including phenoxy) is 1.